The van der Waals surface area contributed by atoms with Crippen molar-refractivity contribution in [3.8, 4) is 11.1 Å². The van der Waals surface area contributed by atoms with Crippen molar-refractivity contribution in [3.63, 3.8) is 0 Å². The average Bonchev–Trinajstić information content (AvgIpc) is 3.78. The van der Waals surface area contributed by atoms with Crippen molar-refractivity contribution in [2.24, 2.45) is 5.92 Å². The fraction of sp³-hybridized carbons (Fsp3) is 0.250. The molecular weight excluding hydrogens is 652 g/mol. The first-order valence-corrected chi connectivity index (χ1v) is 21.2. The zero-order valence-corrected chi connectivity index (χ0v) is 31.5. The molecule has 1 aromatic heterocycles. The van der Waals surface area contributed by atoms with Crippen LogP contribution in [0.1, 0.15) is 86.7 Å². The third-order valence-electron chi connectivity index (χ3n) is 9.72. The molecule has 230 valence electrons. The van der Waals surface area contributed by atoms with E-state index in [4.69, 9.17) is 0 Å². The summed E-state index contributed by atoms with van der Waals surface area (Å²) in [6, 6.07) is 39.6. The molecule has 1 heterocycles. The Labute approximate surface area is 287 Å². The molecule has 0 radical (unpaired) electrons. The van der Waals surface area contributed by atoms with Gasteiger partial charge in [-0.1, -0.05) is 0 Å². The number of benzene rings is 4. The van der Waals surface area contributed by atoms with Gasteiger partial charge in [0, 0.05) is 0 Å². The molecule has 0 nitrogen and oxygen atoms in total. The Kier molecular flexibility index (Phi) is 8.28. The van der Waals surface area contributed by atoms with E-state index in [0.29, 0.717) is 5.92 Å². The van der Waals surface area contributed by atoms with Crippen LogP contribution >= 0.6 is 11.3 Å². The van der Waals surface area contributed by atoms with E-state index in [9.17, 15) is 0 Å². The van der Waals surface area contributed by atoms with Crippen molar-refractivity contribution in [2.45, 2.75) is 65.7 Å². The van der Waals surface area contributed by atoms with Gasteiger partial charge in [0.25, 0.3) is 0 Å². The van der Waals surface area contributed by atoms with E-state index in [0.717, 1.165) is 6.42 Å². The van der Waals surface area contributed by atoms with E-state index in [2.05, 4.69) is 169 Å². The third-order valence-corrected chi connectivity index (χ3v) is 18.6. The van der Waals surface area contributed by atoms with Gasteiger partial charge in [0.1, 0.15) is 0 Å². The van der Waals surface area contributed by atoms with Gasteiger partial charge < -0.3 is 0 Å². The predicted octanol–water partition coefficient (Wildman–Crippen LogP) is 11.0. The molecule has 0 amide bonds. The molecule has 2 heteroatoms. The number of thiophene rings is 1. The van der Waals surface area contributed by atoms with Crippen molar-refractivity contribution in [1.82, 2.24) is 0 Å². The van der Waals surface area contributed by atoms with Crippen LogP contribution in [0.25, 0.3) is 16.7 Å². The first-order chi connectivity index (χ1) is 22.0. The fourth-order valence-corrected chi connectivity index (χ4v) is 16.3. The van der Waals surface area contributed by atoms with Crippen LogP contribution in [0.4, 0.5) is 0 Å². The Bertz CT molecular complexity index is 1970. The Hall–Kier alpha value is -3.19. The van der Waals surface area contributed by atoms with E-state index < -0.39 is 21.3 Å². The molecule has 2 aliphatic rings. The number of allylic oxidation sites excluding steroid dienone is 4. The maximum absolute atomic E-state index is 2.88. The monoisotopic (exact) mass is 694 g/mol. The van der Waals surface area contributed by atoms with E-state index in [1.165, 1.54) is 49.4 Å². The molecule has 0 saturated carbocycles. The summed E-state index contributed by atoms with van der Waals surface area (Å²) in [5.74, 6) is 0.402. The molecule has 0 aliphatic heterocycles. The van der Waals surface area contributed by atoms with Gasteiger partial charge in [-0.2, -0.15) is 0 Å². The summed E-state index contributed by atoms with van der Waals surface area (Å²) in [6.07, 6.45) is 6.16. The molecule has 0 fully saturated rings. The molecule has 1 atom stereocenters. The summed E-state index contributed by atoms with van der Waals surface area (Å²) < 4.78 is 4.91. The topological polar surface area (TPSA) is 0 Å². The maximum atomic E-state index is 2.66. The number of rotatable bonds is 5. The SMILES string of the molecule is CC1C=C(c2cccs2)C=[C]1[Zr](=[C](c1ccccc1)c1ccccc1)[c]1cc(C(C)(C)C)cc2c1Cc1ccc(C(C)(C)C)cc1-2. The zero-order chi connectivity index (χ0) is 32.2. The van der Waals surface area contributed by atoms with Crippen molar-refractivity contribution in [1.29, 1.82) is 0 Å². The predicted molar refractivity (Wildman–Crippen MR) is 197 cm³/mol. The van der Waals surface area contributed by atoms with Crippen molar-refractivity contribution < 1.29 is 21.3 Å². The zero-order valence-electron chi connectivity index (χ0n) is 28.2. The minimum atomic E-state index is -2.88. The summed E-state index contributed by atoms with van der Waals surface area (Å²) in [7, 11) is 0. The van der Waals surface area contributed by atoms with Gasteiger partial charge >= 0.3 is 290 Å². The van der Waals surface area contributed by atoms with Crippen molar-refractivity contribution in [3.05, 3.63) is 162 Å². The van der Waals surface area contributed by atoms with Gasteiger partial charge in [-0.3, -0.25) is 0 Å². The number of hydrogen-bond donors (Lipinski definition) is 0. The van der Waals surface area contributed by atoms with Gasteiger partial charge in [-0.05, 0) is 0 Å². The Morgan fingerprint density at radius 2 is 1.33 bits per heavy atom. The summed E-state index contributed by atoms with van der Waals surface area (Å²) in [6.45, 7) is 16.6. The molecule has 2 aliphatic carbocycles. The van der Waals surface area contributed by atoms with E-state index in [1.54, 1.807) is 15.3 Å². The second kappa shape index (κ2) is 12.1. The molecule has 0 saturated heterocycles. The van der Waals surface area contributed by atoms with Crippen LogP contribution in [0.5, 0.6) is 0 Å². The summed E-state index contributed by atoms with van der Waals surface area (Å²) >= 11 is -1.02. The first-order valence-electron chi connectivity index (χ1n) is 16.6. The van der Waals surface area contributed by atoms with Crippen molar-refractivity contribution in [2.75, 3.05) is 0 Å². The Morgan fingerprint density at radius 1 is 0.696 bits per heavy atom. The fourth-order valence-electron chi connectivity index (χ4n) is 7.10. The van der Waals surface area contributed by atoms with Crippen molar-refractivity contribution >= 4 is 23.4 Å². The molecular formula is C44H44SZr. The van der Waals surface area contributed by atoms with Crippen LogP contribution in [0.3, 0.4) is 0 Å². The van der Waals surface area contributed by atoms with Crippen LogP contribution in [0.2, 0.25) is 0 Å². The van der Waals surface area contributed by atoms with Gasteiger partial charge in [-0.15, -0.1) is 0 Å². The molecule has 5 aromatic rings. The molecule has 0 N–H and O–H groups in total. The second-order valence-electron chi connectivity index (χ2n) is 15.1. The quantitative estimate of drug-likeness (QED) is 0.168. The summed E-state index contributed by atoms with van der Waals surface area (Å²) in [5, 5.41) is 2.21. The third kappa shape index (κ3) is 5.89. The molecule has 0 spiro atoms. The minimum absolute atomic E-state index is 0.0398. The van der Waals surface area contributed by atoms with Gasteiger partial charge in [0.15, 0.2) is 0 Å². The Balaban J connectivity index is 1.59. The van der Waals surface area contributed by atoms with Gasteiger partial charge in [0.2, 0.25) is 0 Å². The van der Waals surface area contributed by atoms with E-state index >= 15 is 0 Å². The van der Waals surface area contributed by atoms with E-state index in [-0.39, 0.29) is 10.8 Å². The first kappa shape index (κ1) is 31.4. The van der Waals surface area contributed by atoms with Gasteiger partial charge in [0.05, 0.1) is 0 Å². The summed E-state index contributed by atoms with van der Waals surface area (Å²) in [5.41, 5.74) is 13.1. The molecule has 1 unspecified atom stereocenters. The summed E-state index contributed by atoms with van der Waals surface area (Å²) in [4.78, 5) is 1.38. The number of hydrogen-bond acceptors (Lipinski definition) is 1. The van der Waals surface area contributed by atoms with Crippen LogP contribution < -0.4 is 3.27 Å². The van der Waals surface area contributed by atoms with Gasteiger partial charge in [-0.25, -0.2) is 0 Å². The molecule has 7 rings (SSSR count). The number of fused-ring (bicyclic) bond motifs is 3. The van der Waals surface area contributed by atoms with Crippen LogP contribution in [0, 0.1) is 5.92 Å². The molecule has 4 aromatic carbocycles. The van der Waals surface area contributed by atoms with Crippen LogP contribution in [-0.4, -0.2) is 3.21 Å². The molecule has 0 bridgehead atoms. The average molecular weight is 696 g/mol. The normalized spacial score (nSPS) is 15.7. The molecule has 46 heavy (non-hydrogen) atoms. The van der Waals surface area contributed by atoms with Crippen LogP contribution in [-0.2, 0) is 38.5 Å². The van der Waals surface area contributed by atoms with E-state index in [1.807, 2.05) is 11.3 Å². The second-order valence-corrected chi connectivity index (χ2v) is 21.8. The Morgan fingerprint density at radius 3 is 1.91 bits per heavy atom. The van der Waals surface area contributed by atoms with Crippen LogP contribution in [0.15, 0.2) is 124 Å². The standard InChI is InChI=1S/C21H25.C13H10.C10H9S.Zr/c1-20(2,3)16-9-7-14-11-15-8-10-17(21(4,5)6)13-19(15)18(14)12-16;1-3-7-12(8-4-1)11-13-9-5-2-6-10-13;1-8-4-5-9(7-8)10-3-2-6-11-10;/h7,9-10,12-13H,11H2,1-6H3;1-10H;2-3,5-8H,1H3;.